The van der Waals surface area contributed by atoms with Gasteiger partial charge in [-0.05, 0) is 71.0 Å². The molecular weight excluding hydrogens is 439 g/mol. The highest BCUT2D eigenvalue weighted by Crippen LogP contribution is 2.31. The lowest BCUT2D eigenvalue weighted by Gasteiger charge is -2.37. The number of hydrogen-bond donors (Lipinski definition) is 1. The molecule has 1 aliphatic rings. The van der Waals surface area contributed by atoms with Crippen molar-refractivity contribution < 1.29 is 9.13 Å². The van der Waals surface area contributed by atoms with Crippen LogP contribution < -0.4 is 10.1 Å². The zero-order valence-electron chi connectivity index (χ0n) is 19.2. The zero-order chi connectivity index (χ0) is 23.4. The summed E-state index contributed by atoms with van der Waals surface area (Å²) in [6.45, 7) is 8.95. The Labute approximate surface area is 199 Å². The van der Waals surface area contributed by atoms with Crippen LogP contribution in [-0.2, 0) is 0 Å². The predicted octanol–water partition coefficient (Wildman–Crippen LogP) is 6.18. The van der Waals surface area contributed by atoms with E-state index < -0.39 is 5.82 Å². The van der Waals surface area contributed by atoms with Crippen molar-refractivity contribution in [3.05, 3.63) is 53.1 Å². The number of benzene rings is 2. The highest BCUT2D eigenvalue weighted by molar-refractivity contribution is 6.31. The van der Waals surface area contributed by atoms with E-state index in [9.17, 15) is 4.39 Å². The molecule has 0 spiro atoms. The molecule has 7 heteroatoms. The van der Waals surface area contributed by atoms with Crippen LogP contribution in [0.2, 0.25) is 5.02 Å². The first-order chi connectivity index (χ1) is 15.9. The molecule has 4 rings (SSSR count). The Bertz CT molecular complexity index is 1210. The van der Waals surface area contributed by atoms with Crippen LogP contribution in [0.15, 0.2) is 36.7 Å². The van der Waals surface area contributed by atoms with Gasteiger partial charge in [-0.1, -0.05) is 29.9 Å². The van der Waals surface area contributed by atoms with E-state index >= 15 is 0 Å². The Balaban J connectivity index is 1.73. The maximum absolute atomic E-state index is 13.6. The number of hydrogen-bond acceptors (Lipinski definition) is 5. The van der Waals surface area contributed by atoms with E-state index in [1.165, 1.54) is 37.7 Å². The smallest absolute Gasteiger partial charge is 0.141 e. The fourth-order valence-electron chi connectivity index (χ4n) is 4.02. The molecule has 33 heavy (non-hydrogen) atoms. The molecular formula is C26H28ClFN4O. The Morgan fingerprint density at radius 2 is 1.94 bits per heavy atom. The third-order valence-corrected chi connectivity index (χ3v) is 6.16. The van der Waals surface area contributed by atoms with E-state index in [1.807, 2.05) is 19.1 Å². The number of piperidine rings is 1. The first kappa shape index (κ1) is 23.3. The third-order valence-electron chi connectivity index (χ3n) is 5.87. The van der Waals surface area contributed by atoms with Crippen molar-refractivity contribution >= 4 is 34.0 Å². The van der Waals surface area contributed by atoms with Crippen LogP contribution in [0.25, 0.3) is 10.9 Å². The van der Waals surface area contributed by atoms with Crippen LogP contribution in [0.3, 0.4) is 0 Å². The minimum Gasteiger partial charge on any atom is -0.492 e. The number of nitrogens with one attached hydrogen (secondary N) is 1. The molecule has 3 aromatic rings. The van der Waals surface area contributed by atoms with E-state index in [-0.39, 0.29) is 10.6 Å². The highest BCUT2D eigenvalue weighted by Gasteiger charge is 2.25. The largest absolute Gasteiger partial charge is 0.492 e. The number of halogens is 2. The van der Waals surface area contributed by atoms with Crippen molar-refractivity contribution in [3.8, 4) is 17.6 Å². The standard InChI is InChI=1S/C26H28ClFN4O/c1-4-33-24-16-23-20(14-18(24)10-11-26(2,3)32-12-6-5-7-13-32)25(30-17-29-23)31-19-8-9-22(28)21(27)15-19/h8-9,14-17H,4-7,12-13H2,1-3H3,(H,29,30,31). The SMILES string of the molecule is CCOc1cc2ncnc(Nc3ccc(F)c(Cl)c3)c2cc1C#CC(C)(C)N1CCCCC1. The van der Waals surface area contributed by atoms with Crippen LogP contribution in [0.1, 0.15) is 45.6 Å². The van der Waals surface area contributed by atoms with E-state index in [0.717, 1.165) is 29.6 Å². The number of nitrogens with zero attached hydrogens (tertiary/aromatic N) is 3. The average molecular weight is 467 g/mol. The molecule has 2 heterocycles. The lowest BCUT2D eigenvalue weighted by Crippen LogP contribution is -2.45. The van der Waals surface area contributed by atoms with E-state index in [1.54, 1.807) is 6.07 Å². The molecule has 0 radical (unpaired) electrons. The topological polar surface area (TPSA) is 50.3 Å². The Morgan fingerprint density at radius 1 is 1.15 bits per heavy atom. The van der Waals surface area contributed by atoms with Gasteiger partial charge in [-0.15, -0.1) is 0 Å². The molecule has 172 valence electrons. The molecule has 1 saturated heterocycles. The quantitative estimate of drug-likeness (QED) is 0.455. The number of anilines is 2. The van der Waals surface area contributed by atoms with Gasteiger partial charge in [0.15, 0.2) is 0 Å². The van der Waals surface area contributed by atoms with Gasteiger partial charge in [0.1, 0.15) is 23.7 Å². The minimum atomic E-state index is -0.468. The summed E-state index contributed by atoms with van der Waals surface area (Å²) in [7, 11) is 0. The summed E-state index contributed by atoms with van der Waals surface area (Å²) in [5, 5.41) is 4.06. The van der Waals surface area contributed by atoms with Gasteiger partial charge in [-0.25, -0.2) is 14.4 Å². The van der Waals surface area contributed by atoms with Crippen LogP contribution in [-0.4, -0.2) is 40.1 Å². The molecule has 1 N–H and O–H groups in total. The number of fused-ring (bicyclic) bond motifs is 1. The molecule has 0 atom stereocenters. The van der Waals surface area contributed by atoms with Gasteiger partial charge < -0.3 is 10.1 Å². The lowest BCUT2D eigenvalue weighted by molar-refractivity contribution is 0.139. The highest BCUT2D eigenvalue weighted by atomic mass is 35.5. The van der Waals surface area contributed by atoms with Gasteiger partial charge in [0.2, 0.25) is 0 Å². The van der Waals surface area contributed by atoms with Gasteiger partial charge in [0.05, 0.1) is 28.2 Å². The maximum atomic E-state index is 13.6. The molecule has 0 unspecified atom stereocenters. The zero-order valence-corrected chi connectivity index (χ0v) is 20.0. The summed E-state index contributed by atoms with van der Waals surface area (Å²) in [5.41, 5.74) is 1.90. The number of aromatic nitrogens is 2. The first-order valence-electron chi connectivity index (χ1n) is 11.3. The van der Waals surface area contributed by atoms with Crippen LogP contribution >= 0.6 is 11.6 Å². The molecule has 2 aromatic carbocycles. The predicted molar refractivity (Wildman–Crippen MR) is 132 cm³/mol. The lowest BCUT2D eigenvalue weighted by atomic mass is 9.98. The van der Waals surface area contributed by atoms with Crippen molar-refractivity contribution in [2.24, 2.45) is 0 Å². The van der Waals surface area contributed by atoms with Crippen LogP contribution in [0, 0.1) is 17.7 Å². The molecule has 0 bridgehead atoms. The monoisotopic (exact) mass is 466 g/mol. The van der Waals surface area contributed by atoms with Crippen LogP contribution in [0.4, 0.5) is 15.9 Å². The van der Waals surface area contributed by atoms with E-state index in [0.29, 0.717) is 23.9 Å². The fraction of sp³-hybridized carbons (Fsp3) is 0.385. The van der Waals surface area contributed by atoms with Crippen LogP contribution in [0.5, 0.6) is 5.75 Å². The minimum absolute atomic E-state index is 0.0449. The Hall–Kier alpha value is -2.88. The van der Waals surface area contributed by atoms with Crippen molar-refractivity contribution in [3.63, 3.8) is 0 Å². The van der Waals surface area contributed by atoms with Gasteiger partial charge in [0, 0.05) is 17.1 Å². The van der Waals surface area contributed by atoms with Crippen molar-refractivity contribution in [1.82, 2.24) is 14.9 Å². The molecule has 5 nitrogen and oxygen atoms in total. The van der Waals surface area contributed by atoms with Crippen molar-refractivity contribution in [1.29, 1.82) is 0 Å². The number of ether oxygens (including phenoxy) is 1. The average Bonchev–Trinajstić information content (AvgIpc) is 2.81. The second-order valence-corrected chi connectivity index (χ2v) is 9.04. The summed E-state index contributed by atoms with van der Waals surface area (Å²) < 4.78 is 19.4. The third kappa shape index (κ3) is 5.38. The second-order valence-electron chi connectivity index (χ2n) is 8.63. The normalized spacial score (nSPS) is 14.6. The summed E-state index contributed by atoms with van der Waals surface area (Å²) in [6, 6.07) is 8.31. The fourth-order valence-corrected chi connectivity index (χ4v) is 4.20. The summed E-state index contributed by atoms with van der Waals surface area (Å²) in [5.74, 6) is 7.65. The van der Waals surface area contributed by atoms with Gasteiger partial charge in [-0.3, -0.25) is 4.90 Å². The Kier molecular flexibility index (Phi) is 7.02. The first-order valence-corrected chi connectivity index (χ1v) is 11.7. The van der Waals surface area contributed by atoms with E-state index in [4.69, 9.17) is 16.3 Å². The summed E-state index contributed by atoms with van der Waals surface area (Å²) >= 11 is 5.94. The van der Waals surface area contributed by atoms with Gasteiger partial charge in [-0.2, -0.15) is 0 Å². The molecule has 1 aromatic heterocycles. The molecule has 0 aliphatic carbocycles. The molecule has 1 aliphatic heterocycles. The Morgan fingerprint density at radius 3 is 2.67 bits per heavy atom. The van der Waals surface area contributed by atoms with Crippen molar-refractivity contribution in [2.45, 2.75) is 45.6 Å². The molecule has 0 saturated carbocycles. The second kappa shape index (κ2) is 9.94. The molecule has 1 fully saturated rings. The summed E-state index contributed by atoms with van der Waals surface area (Å²) in [4.78, 5) is 11.2. The van der Waals surface area contributed by atoms with Crippen molar-refractivity contribution in [2.75, 3.05) is 25.0 Å². The van der Waals surface area contributed by atoms with E-state index in [2.05, 4.69) is 45.9 Å². The molecule has 0 amide bonds. The summed E-state index contributed by atoms with van der Waals surface area (Å²) in [6.07, 6.45) is 5.20. The number of rotatable bonds is 5. The maximum Gasteiger partial charge on any atom is 0.141 e. The van der Waals surface area contributed by atoms with Gasteiger partial charge in [0.25, 0.3) is 0 Å². The van der Waals surface area contributed by atoms with Gasteiger partial charge >= 0.3 is 0 Å². The number of likely N-dealkylation sites (tertiary alicyclic amines) is 1.